The molecule has 0 saturated heterocycles. The molecule has 28 heavy (non-hydrogen) atoms. The third kappa shape index (κ3) is 3.87. The van der Waals surface area contributed by atoms with Gasteiger partial charge in [0.25, 0.3) is 11.8 Å². The first-order valence-corrected chi connectivity index (χ1v) is 10.0. The molecule has 0 saturated carbocycles. The standard InChI is InChI=1S/C22H22N2O3S/c1-5-28-20-19(16-6-8-17(9-7-16)23-15(4)25)21(26)24(22(20)27)18-11-13(2)10-14(3)12-18/h6-12H,5H2,1-4H3,(H,23,25). The molecule has 3 rings (SSSR count). The molecule has 0 bridgehead atoms. The predicted octanol–water partition coefficient (Wildman–Crippen LogP) is 4.30. The van der Waals surface area contributed by atoms with Gasteiger partial charge >= 0.3 is 0 Å². The number of benzene rings is 2. The highest BCUT2D eigenvalue weighted by atomic mass is 32.2. The van der Waals surface area contributed by atoms with Crippen LogP contribution in [0.2, 0.25) is 0 Å². The number of nitrogens with zero attached hydrogens (tertiary/aromatic N) is 1. The van der Waals surface area contributed by atoms with Gasteiger partial charge < -0.3 is 5.32 Å². The zero-order valence-electron chi connectivity index (χ0n) is 16.3. The molecular weight excluding hydrogens is 372 g/mol. The lowest BCUT2D eigenvalue weighted by atomic mass is 10.1. The second-order valence-corrected chi connectivity index (χ2v) is 7.96. The highest BCUT2D eigenvalue weighted by Gasteiger charge is 2.40. The van der Waals surface area contributed by atoms with Crippen LogP contribution in [0.5, 0.6) is 0 Å². The largest absolute Gasteiger partial charge is 0.326 e. The van der Waals surface area contributed by atoms with Gasteiger partial charge in [-0.2, -0.15) is 0 Å². The van der Waals surface area contributed by atoms with Crippen molar-refractivity contribution in [2.75, 3.05) is 16.0 Å². The lowest BCUT2D eigenvalue weighted by Crippen LogP contribution is -2.31. The molecule has 144 valence electrons. The molecule has 3 amide bonds. The maximum absolute atomic E-state index is 13.3. The number of amides is 3. The number of aryl methyl sites for hydroxylation is 2. The molecule has 1 heterocycles. The number of nitrogens with one attached hydrogen (secondary N) is 1. The van der Waals surface area contributed by atoms with E-state index < -0.39 is 0 Å². The zero-order valence-corrected chi connectivity index (χ0v) is 17.1. The van der Waals surface area contributed by atoms with Gasteiger partial charge in [0.1, 0.15) is 0 Å². The second-order valence-electron chi connectivity index (χ2n) is 6.69. The SMILES string of the molecule is CCSC1=C(c2ccc(NC(C)=O)cc2)C(=O)N(c2cc(C)cc(C)c2)C1=O. The van der Waals surface area contributed by atoms with Crippen LogP contribution in [0.25, 0.3) is 5.57 Å². The van der Waals surface area contributed by atoms with Crippen LogP contribution in [-0.2, 0) is 14.4 Å². The number of anilines is 2. The van der Waals surface area contributed by atoms with Crippen molar-refractivity contribution in [2.45, 2.75) is 27.7 Å². The summed E-state index contributed by atoms with van der Waals surface area (Å²) in [6.45, 7) is 7.27. The van der Waals surface area contributed by atoms with Gasteiger partial charge in [-0.15, -0.1) is 11.8 Å². The summed E-state index contributed by atoms with van der Waals surface area (Å²) in [5.41, 5.74) is 4.29. The lowest BCUT2D eigenvalue weighted by molar-refractivity contribution is -0.120. The normalized spacial score (nSPS) is 14.1. The number of thioether (sulfide) groups is 1. The molecule has 2 aromatic carbocycles. The van der Waals surface area contributed by atoms with Crippen molar-refractivity contribution in [1.82, 2.24) is 0 Å². The van der Waals surface area contributed by atoms with E-state index in [1.807, 2.05) is 39.0 Å². The molecule has 2 aromatic rings. The summed E-state index contributed by atoms with van der Waals surface area (Å²) in [4.78, 5) is 39.3. The van der Waals surface area contributed by atoms with Crippen LogP contribution in [0.4, 0.5) is 11.4 Å². The summed E-state index contributed by atoms with van der Waals surface area (Å²) in [7, 11) is 0. The molecule has 0 radical (unpaired) electrons. The molecule has 0 aliphatic carbocycles. The Morgan fingerprint density at radius 3 is 2.14 bits per heavy atom. The van der Waals surface area contributed by atoms with Crippen LogP contribution in [0.3, 0.4) is 0 Å². The van der Waals surface area contributed by atoms with E-state index in [9.17, 15) is 14.4 Å². The molecule has 0 spiro atoms. The molecule has 1 aliphatic heterocycles. The minimum atomic E-state index is -0.321. The third-order valence-corrected chi connectivity index (χ3v) is 5.24. The molecule has 0 fully saturated rings. The van der Waals surface area contributed by atoms with Gasteiger partial charge in [0.05, 0.1) is 16.2 Å². The van der Waals surface area contributed by atoms with E-state index >= 15 is 0 Å². The molecular formula is C22H22N2O3S. The van der Waals surface area contributed by atoms with Crippen molar-refractivity contribution in [2.24, 2.45) is 0 Å². The Morgan fingerprint density at radius 2 is 1.61 bits per heavy atom. The van der Waals surface area contributed by atoms with E-state index in [0.29, 0.717) is 33.2 Å². The van der Waals surface area contributed by atoms with E-state index in [-0.39, 0.29) is 17.7 Å². The van der Waals surface area contributed by atoms with Crippen LogP contribution in [0.1, 0.15) is 30.5 Å². The lowest BCUT2D eigenvalue weighted by Gasteiger charge is -2.16. The number of carbonyl (C=O) groups is 3. The van der Waals surface area contributed by atoms with Crippen LogP contribution < -0.4 is 10.2 Å². The summed E-state index contributed by atoms with van der Waals surface area (Å²) in [5, 5.41) is 2.70. The maximum atomic E-state index is 13.3. The Kier molecular flexibility index (Phi) is 5.70. The number of hydrogen-bond donors (Lipinski definition) is 1. The Morgan fingerprint density at radius 1 is 1.00 bits per heavy atom. The summed E-state index contributed by atoms with van der Waals surface area (Å²) in [5.74, 6) is -0.0917. The minimum absolute atomic E-state index is 0.165. The van der Waals surface area contributed by atoms with E-state index in [1.54, 1.807) is 24.3 Å². The van der Waals surface area contributed by atoms with Gasteiger partial charge in [0.2, 0.25) is 5.91 Å². The first-order valence-electron chi connectivity index (χ1n) is 9.04. The van der Waals surface area contributed by atoms with Crippen LogP contribution in [0.15, 0.2) is 47.4 Å². The monoisotopic (exact) mass is 394 g/mol. The molecule has 0 unspecified atom stereocenters. The molecule has 1 aliphatic rings. The molecule has 5 nitrogen and oxygen atoms in total. The van der Waals surface area contributed by atoms with E-state index in [4.69, 9.17) is 0 Å². The molecule has 1 N–H and O–H groups in total. The van der Waals surface area contributed by atoms with E-state index in [1.165, 1.54) is 23.6 Å². The maximum Gasteiger partial charge on any atom is 0.272 e. The Hall–Kier alpha value is -2.86. The first kappa shape index (κ1) is 19.9. The Bertz CT molecular complexity index is 973. The topological polar surface area (TPSA) is 66.5 Å². The summed E-state index contributed by atoms with van der Waals surface area (Å²) >= 11 is 1.37. The summed E-state index contributed by atoms with van der Waals surface area (Å²) in [6, 6.07) is 12.7. The van der Waals surface area contributed by atoms with Crippen LogP contribution >= 0.6 is 11.8 Å². The van der Waals surface area contributed by atoms with Crippen LogP contribution in [0, 0.1) is 13.8 Å². The average Bonchev–Trinajstić information content (AvgIpc) is 2.85. The quantitative estimate of drug-likeness (QED) is 0.768. The number of hydrogen-bond acceptors (Lipinski definition) is 4. The van der Waals surface area contributed by atoms with Gasteiger partial charge in [-0.1, -0.05) is 25.1 Å². The number of rotatable bonds is 5. The number of imide groups is 1. The molecule has 6 heteroatoms. The zero-order chi connectivity index (χ0) is 20.4. The molecule has 0 atom stereocenters. The third-order valence-electron chi connectivity index (χ3n) is 4.29. The second kappa shape index (κ2) is 8.02. The van der Waals surface area contributed by atoms with Crippen molar-refractivity contribution >= 4 is 46.4 Å². The summed E-state index contributed by atoms with van der Waals surface area (Å²) in [6.07, 6.45) is 0. The van der Waals surface area contributed by atoms with E-state index in [0.717, 1.165) is 11.1 Å². The highest BCUT2D eigenvalue weighted by Crippen LogP contribution is 2.39. The minimum Gasteiger partial charge on any atom is -0.326 e. The highest BCUT2D eigenvalue weighted by molar-refractivity contribution is 8.04. The Balaban J connectivity index is 2.04. The van der Waals surface area contributed by atoms with Crippen molar-refractivity contribution in [1.29, 1.82) is 0 Å². The van der Waals surface area contributed by atoms with Gasteiger partial charge in [-0.05, 0) is 60.6 Å². The van der Waals surface area contributed by atoms with Gasteiger partial charge in [0, 0.05) is 12.6 Å². The van der Waals surface area contributed by atoms with Crippen molar-refractivity contribution in [3.05, 3.63) is 64.1 Å². The first-order chi connectivity index (χ1) is 13.3. The smallest absolute Gasteiger partial charge is 0.272 e. The molecule has 0 aromatic heterocycles. The number of carbonyl (C=O) groups excluding carboxylic acids is 3. The van der Waals surface area contributed by atoms with Gasteiger partial charge in [0.15, 0.2) is 0 Å². The van der Waals surface area contributed by atoms with Crippen molar-refractivity contribution in [3.63, 3.8) is 0 Å². The Labute approximate surface area is 168 Å². The van der Waals surface area contributed by atoms with Crippen molar-refractivity contribution in [3.8, 4) is 0 Å². The predicted molar refractivity (Wildman–Crippen MR) is 114 cm³/mol. The van der Waals surface area contributed by atoms with Gasteiger partial charge in [-0.25, -0.2) is 4.90 Å². The van der Waals surface area contributed by atoms with Crippen molar-refractivity contribution < 1.29 is 14.4 Å². The summed E-state index contributed by atoms with van der Waals surface area (Å²) < 4.78 is 0. The average molecular weight is 394 g/mol. The van der Waals surface area contributed by atoms with E-state index in [2.05, 4.69) is 5.32 Å². The van der Waals surface area contributed by atoms with Gasteiger partial charge in [-0.3, -0.25) is 14.4 Å². The fraction of sp³-hybridized carbons (Fsp3) is 0.227. The van der Waals surface area contributed by atoms with Crippen LogP contribution in [-0.4, -0.2) is 23.5 Å². The fourth-order valence-electron chi connectivity index (χ4n) is 3.28. The fourth-order valence-corrected chi connectivity index (χ4v) is 4.13.